The van der Waals surface area contributed by atoms with Gasteiger partial charge in [-0.1, -0.05) is 146 Å². The summed E-state index contributed by atoms with van der Waals surface area (Å²) in [4.78, 5) is 0. The molecular formula is C40H50F4. The molecule has 0 amide bonds. The molecule has 1 aliphatic rings. The molecule has 3 aromatic rings. The van der Waals surface area contributed by atoms with Gasteiger partial charge in [0.15, 0.2) is 23.3 Å². The largest absolute Gasteiger partial charge is 0.203 e. The van der Waals surface area contributed by atoms with E-state index in [2.05, 4.69) is 19.9 Å². The molecule has 238 valence electrons. The Bertz CT molecular complexity index is 1350. The third-order valence-corrected chi connectivity index (χ3v) is 9.38. The van der Waals surface area contributed by atoms with Crippen LogP contribution in [0.3, 0.4) is 0 Å². The van der Waals surface area contributed by atoms with Crippen LogP contribution in [0.25, 0.3) is 27.8 Å². The maximum Gasteiger partial charge on any atom is 0.167 e. The number of allylic oxidation sites excluding steroid dienone is 2. The van der Waals surface area contributed by atoms with Gasteiger partial charge in [0.25, 0.3) is 0 Å². The van der Waals surface area contributed by atoms with Crippen LogP contribution in [0.15, 0.2) is 54.6 Å². The summed E-state index contributed by atoms with van der Waals surface area (Å²) < 4.78 is 60.6. The van der Waals surface area contributed by atoms with Crippen LogP contribution < -0.4 is 0 Å². The summed E-state index contributed by atoms with van der Waals surface area (Å²) in [7, 11) is 0. The lowest BCUT2D eigenvalue weighted by atomic mass is 9.83. The molecule has 0 aliphatic heterocycles. The quantitative estimate of drug-likeness (QED) is 0.106. The average Bonchev–Trinajstić information content (AvgIpc) is 3.04. The van der Waals surface area contributed by atoms with Crippen LogP contribution >= 0.6 is 0 Å². The van der Waals surface area contributed by atoms with Crippen LogP contribution in [-0.4, -0.2) is 0 Å². The fraction of sp³-hybridized carbons (Fsp3) is 0.500. The van der Waals surface area contributed by atoms with E-state index in [9.17, 15) is 4.39 Å². The van der Waals surface area contributed by atoms with E-state index in [0.717, 1.165) is 44.1 Å². The SMILES string of the molecule is CCCCCCCCCc1ccc(-c2ccc(-c3ccc(C4=CCC(CCCCCCC)CC4)c(F)c3F)cc2)c(F)c1F. The molecule has 0 N–H and O–H groups in total. The molecule has 0 radical (unpaired) electrons. The Morgan fingerprint density at radius 3 is 1.64 bits per heavy atom. The molecule has 0 fully saturated rings. The Morgan fingerprint density at radius 2 is 1.05 bits per heavy atom. The van der Waals surface area contributed by atoms with Crippen molar-refractivity contribution in [2.45, 2.75) is 123 Å². The zero-order valence-corrected chi connectivity index (χ0v) is 26.8. The van der Waals surface area contributed by atoms with Gasteiger partial charge in [-0.05, 0) is 60.3 Å². The van der Waals surface area contributed by atoms with Gasteiger partial charge >= 0.3 is 0 Å². The van der Waals surface area contributed by atoms with E-state index < -0.39 is 23.3 Å². The Labute approximate surface area is 263 Å². The number of hydrogen-bond acceptors (Lipinski definition) is 0. The van der Waals surface area contributed by atoms with Crippen LogP contribution in [0.5, 0.6) is 0 Å². The van der Waals surface area contributed by atoms with Gasteiger partial charge in [0.2, 0.25) is 0 Å². The maximum atomic E-state index is 15.3. The maximum absolute atomic E-state index is 15.3. The lowest BCUT2D eigenvalue weighted by Crippen LogP contribution is -2.07. The van der Waals surface area contributed by atoms with E-state index in [0.29, 0.717) is 34.6 Å². The van der Waals surface area contributed by atoms with Crippen molar-refractivity contribution in [3.05, 3.63) is 89.0 Å². The predicted octanol–water partition coefficient (Wildman–Crippen LogP) is 13.4. The van der Waals surface area contributed by atoms with Crippen LogP contribution in [0.1, 0.15) is 128 Å². The highest BCUT2D eigenvalue weighted by Gasteiger charge is 2.21. The van der Waals surface area contributed by atoms with Crippen molar-refractivity contribution in [3.63, 3.8) is 0 Å². The minimum atomic E-state index is -0.874. The minimum absolute atomic E-state index is 0.163. The van der Waals surface area contributed by atoms with Gasteiger partial charge in [-0.15, -0.1) is 0 Å². The predicted molar refractivity (Wildman–Crippen MR) is 178 cm³/mol. The Morgan fingerprint density at radius 1 is 0.545 bits per heavy atom. The second kappa shape index (κ2) is 17.6. The Kier molecular flexibility index (Phi) is 13.6. The number of benzene rings is 3. The molecule has 3 aromatic carbocycles. The second-order valence-electron chi connectivity index (χ2n) is 12.7. The van der Waals surface area contributed by atoms with E-state index in [1.54, 1.807) is 48.5 Å². The highest BCUT2D eigenvalue weighted by Crippen LogP contribution is 2.37. The second-order valence-corrected chi connectivity index (χ2v) is 12.7. The van der Waals surface area contributed by atoms with Crippen molar-refractivity contribution < 1.29 is 17.6 Å². The van der Waals surface area contributed by atoms with Gasteiger partial charge in [0, 0.05) is 16.7 Å². The van der Waals surface area contributed by atoms with E-state index in [1.807, 2.05) is 0 Å². The van der Waals surface area contributed by atoms with Crippen LogP contribution in [0, 0.1) is 29.2 Å². The molecule has 0 saturated carbocycles. The molecule has 0 saturated heterocycles. The number of unbranched alkanes of at least 4 members (excludes halogenated alkanes) is 10. The van der Waals surface area contributed by atoms with Crippen molar-refractivity contribution in [2.75, 3.05) is 0 Å². The molecule has 1 aliphatic carbocycles. The van der Waals surface area contributed by atoms with Crippen molar-refractivity contribution in [1.29, 1.82) is 0 Å². The molecule has 0 heterocycles. The Balaban J connectivity index is 1.37. The summed E-state index contributed by atoms with van der Waals surface area (Å²) in [6.45, 7) is 4.41. The zero-order valence-electron chi connectivity index (χ0n) is 26.8. The van der Waals surface area contributed by atoms with Crippen molar-refractivity contribution in [1.82, 2.24) is 0 Å². The number of aryl methyl sites for hydroxylation is 1. The summed E-state index contributed by atoms with van der Waals surface area (Å²) in [5, 5.41) is 0. The summed E-state index contributed by atoms with van der Waals surface area (Å²) in [6.07, 6.45) is 20.8. The van der Waals surface area contributed by atoms with Gasteiger partial charge in [-0.25, -0.2) is 17.6 Å². The number of hydrogen-bond donors (Lipinski definition) is 0. The van der Waals surface area contributed by atoms with Crippen molar-refractivity contribution >= 4 is 5.57 Å². The molecule has 44 heavy (non-hydrogen) atoms. The zero-order chi connectivity index (χ0) is 31.3. The fourth-order valence-electron chi connectivity index (χ4n) is 6.56. The van der Waals surface area contributed by atoms with Gasteiger partial charge in [-0.3, -0.25) is 0 Å². The minimum Gasteiger partial charge on any atom is -0.203 e. The molecule has 0 aromatic heterocycles. The molecular weight excluding hydrogens is 556 g/mol. The van der Waals surface area contributed by atoms with Gasteiger partial charge in [-0.2, -0.15) is 0 Å². The molecule has 4 rings (SSSR count). The molecule has 0 bridgehead atoms. The monoisotopic (exact) mass is 606 g/mol. The first-order chi connectivity index (χ1) is 21.4. The first-order valence-electron chi connectivity index (χ1n) is 17.2. The highest BCUT2D eigenvalue weighted by atomic mass is 19.2. The highest BCUT2D eigenvalue weighted by molar-refractivity contribution is 5.74. The fourth-order valence-corrected chi connectivity index (χ4v) is 6.56. The summed E-state index contributed by atoms with van der Waals surface area (Å²) >= 11 is 0. The first-order valence-corrected chi connectivity index (χ1v) is 17.2. The normalized spacial score (nSPS) is 15.0. The van der Waals surface area contributed by atoms with Crippen LogP contribution in [-0.2, 0) is 6.42 Å². The van der Waals surface area contributed by atoms with E-state index in [-0.39, 0.29) is 11.1 Å². The molecule has 0 nitrogen and oxygen atoms in total. The molecule has 1 unspecified atom stereocenters. The smallest absolute Gasteiger partial charge is 0.167 e. The van der Waals surface area contributed by atoms with Gasteiger partial charge in [0.1, 0.15) is 0 Å². The number of rotatable bonds is 17. The standard InChI is InChI=1S/C40H50F4/c1-3-5-7-9-10-12-14-16-33-25-26-34(38(42)37(33)41)31-21-23-32(24-22-31)36-28-27-35(39(43)40(36)44)30-19-17-29(18-20-30)15-13-11-8-6-4-2/h19,21-29H,3-18,20H2,1-2H3. The van der Waals surface area contributed by atoms with Gasteiger partial charge in [0.05, 0.1) is 0 Å². The summed E-state index contributed by atoms with van der Waals surface area (Å²) in [6, 6.07) is 13.2. The van der Waals surface area contributed by atoms with E-state index >= 15 is 13.2 Å². The van der Waals surface area contributed by atoms with Crippen LogP contribution in [0.4, 0.5) is 17.6 Å². The number of halogens is 4. The lowest BCUT2D eigenvalue weighted by molar-refractivity contribution is 0.422. The topological polar surface area (TPSA) is 0 Å². The van der Waals surface area contributed by atoms with E-state index in [1.165, 1.54) is 64.2 Å². The van der Waals surface area contributed by atoms with Gasteiger partial charge < -0.3 is 0 Å². The third-order valence-electron chi connectivity index (χ3n) is 9.38. The third kappa shape index (κ3) is 9.08. The van der Waals surface area contributed by atoms with E-state index in [4.69, 9.17) is 0 Å². The average molecular weight is 607 g/mol. The molecule has 0 spiro atoms. The summed E-state index contributed by atoms with van der Waals surface area (Å²) in [5.41, 5.74) is 2.96. The first kappa shape index (κ1) is 34.0. The van der Waals surface area contributed by atoms with Crippen molar-refractivity contribution in [3.8, 4) is 22.3 Å². The Hall–Kier alpha value is -2.88. The van der Waals surface area contributed by atoms with Crippen LogP contribution in [0.2, 0.25) is 0 Å². The summed E-state index contributed by atoms with van der Waals surface area (Å²) in [5.74, 6) is -2.72. The molecule has 4 heteroatoms. The van der Waals surface area contributed by atoms with Crippen molar-refractivity contribution in [2.24, 2.45) is 5.92 Å². The lowest BCUT2D eigenvalue weighted by Gasteiger charge is -2.22. The molecule has 1 atom stereocenters.